The van der Waals surface area contributed by atoms with E-state index in [1.54, 1.807) is 0 Å². The Morgan fingerprint density at radius 1 is 1.27 bits per heavy atom. The number of hydrogen-bond donors (Lipinski definition) is 0. The van der Waals surface area contributed by atoms with Crippen LogP contribution in [-0.4, -0.2) is 32.1 Å². The molecule has 0 bridgehead atoms. The van der Waals surface area contributed by atoms with Crippen LogP contribution in [0.5, 0.6) is 0 Å². The Hall–Kier alpha value is -2.17. The van der Waals surface area contributed by atoms with Crippen LogP contribution in [-0.2, 0) is 30.7 Å². The molecule has 2 aromatic rings. The second kappa shape index (κ2) is 5.23. The van der Waals surface area contributed by atoms with Gasteiger partial charge in [-0.15, -0.1) is 10.2 Å². The summed E-state index contributed by atoms with van der Waals surface area (Å²) < 4.78 is 2.16. The Morgan fingerprint density at radius 3 is 3.00 bits per heavy atom. The van der Waals surface area contributed by atoms with Gasteiger partial charge >= 0.3 is 0 Å². The highest BCUT2D eigenvalue weighted by Crippen LogP contribution is 2.34. The molecule has 0 saturated heterocycles. The zero-order valence-electron chi connectivity index (χ0n) is 12.8. The van der Waals surface area contributed by atoms with E-state index in [0.29, 0.717) is 6.54 Å². The van der Waals surface area contributed by atoms with Crippen molar-refractivity contribution < 1.29 is 4.79 Å². The zero-order chi connectivity index (χ0) is 15.1. The van der Waals surface area contributed by atoms with E-state index in [0.717, 1.165) is 44.0 Å². The predicted molar refractivity (Wildman–Crippen MR) is 82.3 cm³/mol. The van der Waals surface area contributed by atoms with Crippen LogP contribution in [0.2, 0.25) is 0 Å². The lowest BCUT2D eigenvalue weighted by Crippen LogP contribution is -2.41. The summed E-state index contributed by atoms with van der Waals surface area (Å²) in [6, 6.07) is 8.33. The Balaban J connectivity index is 1.55. The highest BCUT2D eigenvalue weighted by atomic mass is 16.2. The average Bonchev–Trinajstić information content (AvgIpc) is 3.17. The van der Waals surface area contributed by atoms with Crippen LogP contribution in [0.1, 0.15) is 42.0 Å². The van der Waals surface area contributed by atoms with Crippen molar-refractivity contribution in [3.63, 3.8) is 0 Å². The van der Waals surface area contributed by atoms with Crippen LogP contribution < -0.4 is 0 Å². The summed E-state index contributed by atoms with van der Waals surface area (Å²) >= 11 is 0. The molecule has 2 heterocycles. The quantitative estimate of drug-likeness (QED) is 0.850. The maximum atomic E-state index is 12.9. The molecule has 5 nitrogen and oxygen atoms in total. The third-order valence-corrected chi connectivity index (χ3v) is 4.89. The molecule has 1 atom stereocenters. The van der Waals surface area contributed by atoms with Crippen molar-refractivity contribution in [2.24, 2.45) is 0 Å². The first-order valence-electron chi connectivity index (χ1n) is 8.05. The summed E-state index contributed by atoms with van der Waals surface area (Å²) in [6.45, 7) is 4.25. The molecule has 0 saturated carbocycles. The highest BCUT2D eigenvalue weighted by Gasteiger charge is 2.33. The molecule has 0 fully saturated rings. The minimum absolute atomic E-state index is 0.0244. The summed E-state index contributed by atoms with van der Waals surface area (Å²) in [6.07, 6.45) is 2.83. The third-order valence-electron chi connectivity index (χ3n) is 4.89. The first-order valence-corrected chi connectivity index (χ1v) is 8.05. The molecule has 114 valence electrons. The highest BCUT2D eigenvalue weighted by molar-refractivity contribution is 5.85. The second-order valence-electron chi connectivity index (χ2n) is 6.09. The fourth-order valence-corrected chi connectivity index (χ4v) is 3.70. The monoisotopic (exact) mass is 296 g/mol. The van der Waals surface area contributed by atoms with Crippen molar-refractivity contribution in [1.82, 2.24) is 19.7 Å². The number of hydrogen-bond acceptors (Lipinski definition) is 3. The molecule has 5 heteroatoms. The molecule has 4 rings (SSSR count). The van der Waals surface area contributed by atoms with E-state index in [2.05, 4.69) is 39.9 Å². The van der Waals surface area contributed by atoms with Gasteiger partial charge in [-0.1, -0.05) is 31.2 Å². The van der Waals surface area contributed by atoms with Crippen molar-refractivity contribution in [3.05, 3.63) is 47.0 Å². The van der Waals surface area contributed by atoms with E-state index in [4.69, 9.17) is 0 Å². The number of nitrogens with zero attached hydrogens (tertiary/aromatic N) is 4. The molecule has 1 aromatic carbocycles. The molecule has 0 radical (unpaired) electrons. The summed E-state index contributed by atoms with van der Waals surface area (Å²) in [5.74, 6) is 2.21. The van der Waals surface area contributed by atoms with Crippen LogP contribution in [0.3, 0.4) is 0 Å². The maximum Gasteiger partial charge on any atom is 0.230 e. The van der Waals surface area contributed by atoms with Gasteiger partial charge in [-0.3, -0.25) is 4.79 Å². The predicted octanol–water partition coefficient (Wildman–Crippen LogP) is 1.91. The Kier molecular flexibility index (Phi) is 3.21. The minimum Gasteiger partial charge on any atom is -0.333 e. The molecule has 22 heavy (non-hydrogen) atoms. The Bertz CT molecular complexity index is 721. The van der Waals surface area contributed by atoms with Gasteiger partial charge < -0.3 is 9.47 Å². The number of rotatable bonds is 2. The Labute approximate surface area is 130 Å². The van der Waals surface area contributed by atoms with E-state index in [9.17, 15) is 4.79 Å². The molecule has 1 aromatic heterocycles. The number of fused-ring (bicyclic) bond motifs is 2. The molecule has 1 unspecified atom stereocenters. The fraction of sp³-hybridized carbons (Fsp3) is 0.471. The van der Waals surface area contributed by atoms with Crippen LogP contribution in [0.15, 0.2) is 24.3 Å². The van der Waals surface area contributed by atoms with Gasteiger partial charge in [0.1, 0.15) is 5.82 Å². The molecular formula is C17H20N4O. The van der Waals surface area contributed by atoms with Gasteiger partial charge in [0.2, 0.25) is 5.91 Å². The molecule has 1 aliphatic carbocycles. The smallest absolute Gasteiger partial charge is 0.230 e. The van der Waals surface area contributed by atoms with Gasteiger partial charge in [0.05, 0.1) is 12.5 Å². The number of carbonyl (C=O) groups is 1. The van der Waals surface area contributed by atoms with Gasteiger partial charge in [0, 0.05) is 19.5 Å². The normalized spacial score (nSPS) is 19.9. The van der Waals surface area contributed by atoms with Crippen LogP contribution in [0, 0.1) is 0 Å². The first kappa shape index (κ1) is 13.5. The second-order valence-corrected chi connectivity index (χ2v) is 6.09. The van der Waals surface area contributed by atoms with Crippen molar-refractivity contribution in [1.29, 1.82) is 0 Å². The van der Waals surface area contributed by atoms with Crippen molar-refractivity contribution >= 4 is 5.91 Å². The van der Waals surface area contributed by atoms with Gasteiger partial charge in [-0.25, -0.2) is 0 Å². The van der Waals surface area contributed by atoms with Crippen molar-refractivity contribution in [2.75, 3.05) is 6.54 Å². The lowest BCUT2D eigenvalue weighted by Gasteiger charge is -2.30. The largest absolute Gasteiger partial charge is 0.333 e. The number of benzene rings is 1. The molecule has 0 spiro atoms. The lowest BCUT2D eigenvalue weighted by atomic mass is 9.99. The van der Waals surface area contributed by atoms with Crippen LogP contribution >= 0.6 is 0 Å². The molecule has 1 amide bonds. The lowest BCUT2D eigenvalue weighted by molar-refractivity contribution is -0.134. The topological polar surface area (TPSA) is 51.0 Å². The van der Waals surface area contributed by atoms with E-state index < -0.39 is 0 Å². The Morgan fingerprint density at radius 2 is 2.14 bits per heavy atom. The SMILES string of the molecule is CCc1nnc2n1CCN(C(=O)C1CCc3ccccc31)C2. The molecule has 2 aliphatic rings. The van der Waals surface area contributed by atoms with Gasteiger partial charge in [0.15, 0.2) is 5.82 Å². The summed E-state index contributed by atoms with van der Waals surface area (Å²) in [5, 5.41) is 8.47. The summed E-state index contributed by atoms with van der Waals surface area (Å²) in [4.78, 5) is 14.9. The number of carbonyl (C=O) groups excluding carboxylic acids is 1. The number of aromatic nitrogens is 3. The van der Waals surface area contributed by atoms with Crippen molar-refractivity contribution in [3.8, 4) is 0 Å². The fourth-order valence-electron chi connectivity index (χ4n) is 3.70. The van der Waals surface area contributed by atoms with Crippen LogP contribution in [0.25, 0.3) is 0 Å². The summed E-state index contributed by atoms with van der Waals surface area (Å²) in [7, 11) is 0. The van der Waals surface area contributed by atoms with E-state index in [1.807, 2.05) is 11.0 Å². The van der Waals surface area contributed by atoms with E-state index in [-0.39, 0.29) is 11.8 Å². The van der Waals surface area contributed by atoms with Gasteiger partial charge in [-0.05, 0) is 24.0 Å². The van der Waals surface area contributed by atoms with E-state index >= 15 is 0 Å². The average molecular weight is 296 g/mol. The third kappa shape index (κ3) is 2.03. The number of aryl methyl sites for hydroxylation is 2. The minimum atomic E-state index is 0.0244. The van der Waals surface area contributed by atoms with Gasteiger partial charge in [-0.2, -0.15) is 0 Å². The van der Waals surface area contributed by atoms with Crippen molar-refractivity contribution in [2.45, 2.75) is 45.2 Å². The number of amides is 1. The molecular weight excluding hydrogens is 276 g/mol. The van der Waals surface area contributed by atoms with Gasteiger partial charge in [0.25, 0.3) is 0 Å². The maximum absolute atomic E-state index is 12.9. The standard InChI is InChI=1S/C17H20N4O/c1-2-15-18-19-16-11-20(9-10-21(15)16)17(22)14-8-7-12-5-3-4-6-13(12)14/h3-6,14H,2,7-11H2,1H3. The molecule has 1 aliphatic heterocycles. The summed E-state index contributed by atoms with van der Waals surface area (Å²) in [5.41, 5.74) is 2.54. The zero-order valence-corrected chi connectivity index (χ0v) is 12.8. The van der Waals surface area contributed by atoms with Crippen LogP contribution in [0.4, 0.5) is 0 Å². The molecule has 0 N–H and O–H groups in total. The first-order chi connectivity index (χ1) is 10.8. The van der Waals surface area contributed by atoms with E-state index in [1.165, 1.54) is 11.1 Å².